The van der Waals surface area contributed by atoms with Gasteiger partial charge in [0.1, 0.15) is 6.04 Å². The number of carbonyl (C=O) groups is 2. The van der Waals surface area contributed by atoms with Crippen molar-refractivity contribution in [1.29, 1.82) is 0 Å². The van der Waals surface area contributed by atoms with Crippen LogP contribution >= 0.6 is 0 Å². The van der Waals surface area contributed by atoms with Crippen molar-refractivity contribution >= 4 is 22.8 Å². The maximum Gasteiger partial charge on any atom is 0.329 e. The number of nitrogens with zero attached hydrogens (tertiary/aromatic N) is 2. The van der Waals surface area contributed by atoms with Gasteiger partial charge >= 0.3 is 5.69 Å². The average molecular weight is 411 g/mol. The summed E-state index contributed by atoms with van der Waals surface area (Å²) in [6, 6.07) is 5.64. The van der Waals surface area contributed by atoms with E-state index in [-0.39, 0.29) is 23.9 Å². The summed E-state index contributed by atoms with van der Waals surface area (Å²) in [5, 5.41) is 5.85. The zero-order valence-electron chi connectivity index (χ0n) is 17.6. The van der Waals surface area contributed by atoms with E-state index < -0.39 is 6.04 Å². The first-order valence-corrected chi connectivity index (χ1v) is 11.2. The van der Waals surface area contributed by atoms with Crippen LogP contribution in [0.2, 0.25) is 0 Å². The third-order valence-electron chi connectivity index (χ3n) is 7.82. The highest BCUT2D eigenvalue weighted by Gasteiger charge is 2.37. The summed E-state index contributed by atoms with van der Waals surface area (Å²) in [5.74, 6) is -0.121. The number of benzene rings is 1. The second kappa shape index (κ2) is 7.38. The molecule has 5 rings (SSSR count). The Bertz CT molecular complexity index is 1050. The molecule has 2 aliphatic heterocycles. The molecule has 7 heteroatoms. The Morgan fingerprint density at radius 3 is 2.40 bits per heavy atom. The van der Waals surface area contributed by atoms with Gasteiger partial charge in [0.05, 0.1) is 11.0 Å². The van der Waals surface area contributed by atoms with Crippen molar-refractivity contribution in [2.45, 2.75) is 63.3 Å². The molecule has 1 aliphatic carbocycles. The number of rotatable bonds is 2. The van der Waals surface area contributed by atoms with Gasteiger partial charge in [-0.05, 0) is 87.1 Å². The molecule has 0 bridgehead atoms. The third-order valence-corrected chi connectivity index (χ3v) is 7.82. The predicted octanol–water partition coefficient (Wildman–Crippen LogP) is 2.35. The summed E-state index contributed by atoms with van der Waals surface area (Å²) >= 11 is 0. The van der Waals surface area contributed by atoms with E-state index >= 15 is 0 Å². The topological polar surface area (TPSA) is 85.1 Å². The molecule has 1 aromatic carbocycles. The fraction of sp³-hybridized carbons (Fsp3) is 0.609. The Morgan fingerprint density at radius 2 is 1.70 bits per heavy atom. The molecule has 160 valence electrons. The van der Waals surface area contributed by atoms with Crippen molar-refractivity contribution in [3.05, 3.63) is 34.2 Å². The van der Waals surface area contributed by atoms with Gasteiger partial charge in [-0.1, -0.05) is 6.07 Å². The first kappa shape index (κ1) is 19.5. The number of nitrogens with one attached hydrogen (secondary N) is 2. The lowest BCUT2D eigenvalue weighted by Crippen LogP contribution is -2.44. The molecule has 1 saturated carbocycles. The van der Waals surface area contributed by atoms with E-state index in [2.05, 4.69) is 22.8 Å². The molecule has 1 atom stereocenters. The van der Waals surface area contributed by atoms with Gasteiger partial charge < -0.3 is 5.32 Å². The number of carbonyl (C=O) groups excluding carboxylic acids is 2. The molecule has 3 aliphatic rings. The third kappa shape index (κ3) is 3.20. The number of aromatic nitrogens is 2. The van der Waals surface area contributed by atoms with Crippen LogP contribution in [0.3, 0.4) is 0 Å². The summed E-state index contributed by atoms with van der Waals surface area (Å²) in [4.78, 5) is 36.8. The molecular weight excluding hydrogens is 380 g/mol. The van der Waals surface area contributed by atoms with Crippen LogP contribution in [-0.4, -0.2) is 34.0 Å². The Kier molecular flexibility index (Phi) is 4.81. The van der Waals surface area contributed by atoms with Gasteiger partial charge in [0.15, 0.2) is 0 Å². The van der Waals surface area contributed by atoms with E-state index in [0.717, 1.165) is 24.1 Å². The summed E-state index contributed by atoms with van der Waals surface area (Å²) in [7, 11) is 1.77. The van der Waals surface area contributed by atoms with Crippen molar-refractivity contribution in [3.8, 4) is 0 Å². The van der Waals surface area contributed by atoms with Gasteiger partial charge in [-0.25, -0.2) is 4.79 Å². The van der Waals surface area contributed by atoms with Crippen molar-refractivity contribution < 1.29 is 9.59 Å². The molecule has 2 aromatic rings. The first-order chi connectivity index (χ1) is 14.5. The predicted molar refractivity (Wildman–Crippen MR) is 114 cm³/mol. The number of imidazole rings is 1. The van der Waals surface area contributed by atoms with Gasteiger partial charge in [0.2, 0.25) is 11.8 Å². The number of imide groups is 1. The minimum atomic E-state index is -0.626. The van der Waals surface area contributed by atoms with Crippen molar-refractivity contribution in [2.24, 2.45) is 12.5 Å². The van der Waals surface area contributed by atoms with Gasteiger partial charge in [-0.2, -0.15) is 0 Å². The maximum atomic E-state index is 13.0. The standard InChI is InChI=1S/C23H30N4O3/c1-26-19-14-16(15-6-8-23(9-7-15)10-12-24-13-11-23)2-3-17(19)27(22(26)30)18-4-5-20(28)25-21(18)29/h2-3,14-15,18,24H,4-13H2,1H3,(H,25,28,29). The molecule has 1 unspecified atom stereocenters. The van der Waals surface area contributed by atoms with E-state index in [1.54, 1.807) is 16.2 Å². The molecule has 3 fully saturated rings. The van der Waals surface area contributed by atoms with Gasteiger partial charge in [0.25, 0.3) is 0 Å². The number of fused-ring (bicyclic) bond motifs is 1. The van der Waals surface area contributed by atoms with Gasteiger partial charge in [-0.3, -0.25) is 24.0 Å². The Labute approximate surface area is 175 Å². The molecule has 3 heterocycles. The van der Waals surface area contributed by atoms with E-state index in [0.29, 0.717) is 17.8 Å². The zero-order valence-corrected chi connectivity index (χ0v) is 17.6. The molecule has 2 amide bonds. The second-order valence-corrected chi connectivity index (χ2v) is 9.45. The Hall–Kier alpha value is -2.41. The minimum Gasteiger partial charge on any atom is -0.317 e. The van der Waals surface area contributed by atoms with Crippen LogP contribution in [0.15, 0.2) is 23.0 Å². The van der Waals surface area contributed by atoms with Gasteiger partial charge in [0, 0.05) is 13.5 Å². The zero-order chi connectivity index (χ0) is 20.9. The molecular formula is C23H30N4O3. The lowest BCUT2D eigenvalue weighted by molar-refractivity contribution is -0.135. The molecule has 0 radical (unpaired) electrons. The van der Waals surface area contributed by atoms with Crippen LogP contribution < -0.4 is 16.3 Å². The van der Waals surface area contributed by atoms with Crippen molar-refractivity contribution in [2.75, 3.05) is 13.1 Å². The fourth-order valence-electron chi connectivity index (χ4n) is 5.88. The van der Waals surface area contributed by atoms with Crippen LogP contribution in [0.4, 0.5) is 0 Å². The van der Waals surface area contributed by atoms with Crippen LogP contribution in [0.25, 0.3) is 11.0 Å². The van der Waals surface area contributed by atoms with Crippen LogP contribution in [0.1, 0.15) is 68.9 Å². The molecule has 7 nitrogen and oxygen atoms in total. The number of amides is 2. The second-order valence-electron chi connectivity index (χ2n) is 9.45. The van der Waals surface area contributed by atoms with Gasteiger partial charge in [-0.15, -0.1) is 0 Å². The van der Waals surface area contributed by atoms with E-state index in [9.17, 15) is 14.4 Å². The SMILES string of the molecule is Cn1c(=O)n(C2CCC(=O)NC2=O)c2ccc(C3CCC4(CCNCC4)CC3)cc21. The summed E-state index contributed by atoms with van der Waals surface area (Å²) in [6.07, 6.45) is 8.19. The van der Waals surface area contributed by atoms with Crippen LogP contribution in [-0.2, 0) is 16.6 Å². The monoisotopic (exact) mass is 410 g/mol. The lowest BCUT2D eigenvalue weighted by Gasteiger charge is -2.43. The summed E-state index contributed by atoms with van der Waals surface area (Å²) < 4.78 is 3.20. The molecule has 30 heavy (non-hydrogen) atoms. The molecule has 2 saturated heterocycles. The summed E-state index contributed by atoms with van der Waals surface area (Å²) in [5.41, 5.74) is 3.26. The Morgan fingerprint density at radius 1 is 0.967 bits per heavy atom. The van der Waals surface area contributed by atoms with E-state index in [4.69, 9.17) is 0 Å². The normalized spacial score (nSPS) is 25.0. The van der Waals surface area contributed by atoms with E-state index in [1.165, 1.54) is 44.1 Å². The fourth-order valence-corrected chi connectivity index (χ4v) is 5.88. The molecule has 1 aromatic heterocycles. The van der Waals surface area contributed by atoms with Crippen LogP contribution in [0.5, 0.6) is 0 Å². The maximum absolute atomic E-state index is 13.0. The smallest absolute Gasteiger partial charge is 0.317 e. The quantitative estimate of drug-likeness (QED) is 0.745. The number of hydrogen-bond donors (Lipinski definition) is 2. The number of aryl methyl sites for hydroxylation is 1. The number of hydrogen-bond acceptors (Lipinski definition) is 4. The first-order valence-electron chi connectivity index (χ1n) is 11.2. The van der Waals surface area contributed by atoms with Crippen LogP contribution in [0, 0.1) is 5.41 Å². The largest absolute Gasteiger partial charge is 0.329 e. The minimum absolute atomic E-state index is 0.200. The summed E-state index contributed by atoms with van der Waals surface area (Å²) in [6.45, 7) is 2.29. The molecule has 1 spiro atoms. The lowest BCUT2D eigenvalue weighted by atomic mass is 9.65. The number of piperidine rings is 2. The van der Waals surface area contributed by atoms with Crippen molar-refractivity contribution in [3.63, 3.8) is 0 Å². The highest BCUT2D eigenvalue weighted by atomic mass is 16.2. The average Bonchev–Trinajstić information content (AvgIpc) is 2.99. The van der Waals surface area contributed by atoms with Crippen molar-refractivity contribution in [1.82, 2.24) is 19.8 Å². The molecule has 2 N–H and O–H groups in total. The highest BCUT2D eigenvalue weighted by molar-refractivity contribution is 6.00. The highest BCUT2D eigenvalue weighted by Crippen LogP contribution is 2.48. The Balaban J connectivity index is 1.43. The van der Waals surface area contributed by atoms with E-state index in [1.807, 2.05) is 6.07 Å².